The van der Waals surface area contributed by atoms with Gasteiger partial charge in [-0.25, -0.2) is 4.98 Å². The molecule has 3 rings (SSSR count). The molecule has 6 heteroatoms. The van der Waals surface area contributed by atoms with Crippen molar-refractivity contribution in [1.29, 1.82) is 0 Å². The first-order valence-corrected chi connectivity index (χ1v) is 9.03. The van der Waals surface area contributed by atoms with Gasteiger partial charge in [0, 0.05) is 37.0 Å². The molecule has 2 aliphatic rings. The van der Waals surface area contributed by atoms with E-state index in [9.17, 15) is 4.79 Å². The summed E-state index contributed by atoms with van der Waals surface area (Å²) in [5.41, 5.74) is 2.30. The van der Waals surface area contributed by atoms with Crippen molar-refractivity contribution in [2.75, 3.05) is 26.7 Å². The van der Waals surface area contributed by atoms with Gasteiger partial charge in [-0.3, -0.25) is 9.69 Å². The zero-order valence-electron chi connectivity index (χ0n) is 13.6. The maximum atomic E-state index is 12.7. The van der Waals surface area contributed by atoms with Crippen molar-refractivity contribution >= 4 is 17.2 Å². The summed E-state index contributed by atoms with van der Waals surface area (Å²) >= 11 is 1.47. The van der Waals surface area contributed by atoms with Gasteiger partial charge in [0.25, 0.3) is 5.91 Å². The summed E-state index contributed by atoms with van der Waals surface area (Å²) in [6.45, 7) is 6.76. The van der Waals surface area contributed by atoms with E-state index in [1.165, 1.54) is 11.3 Å². The van der Waals surface area contributed by atoms with Crippen LogP contribution in [0.4, 0.5) is 0 Å². The molecule has 0 aromatic carbocycles. The molecule has 0 saturated carbocycles. The SMILES string of the molecule is CC(C)N(C)[C@@H]1CN(C(=O)c2cscn2)C[C@@H]2CCCO[C@@H]21. The van der Waals surface area contributed by atoms with Gasteiger partial charge in [-0.2, -0.15) is 0 Å². The van der Waals surface area contributed by atoms with Crippen molar-refractivity contribution in [2.45, 2.75) is 44.9 Å². The van der Waals surface area contributed by atoms with Crippen LogP contribution in [0.25, 0.3) is 0 Å². The molecule has 1 amide bonds. The minimum atomic E-state index is 0.0624. The molecule has 2 aliphatic heterocycles. The number of amides is 1. The molecule has 0 spiro atoms. The number of hydrogen-bond donors (Lipinski definition) is 0. The van der Waals surface area contributed by atoms with Crippen molar-refractivity contribution in [3.05, 3.63) is 16.6 Å². The summed E-state index contributed by atoms with van der Waals surface area (Å²) in [5, 5.41) is 1.84. The highest BCUT2D eigenvalue weighted by Gasteiger charge is 2.43. The van der Waals surface area contributed by atoms with E-state index in [0.717, 1.165) is 32.5 Å². The number of hydrogen-bond acceptors (Lipinski definition) is 5. The first-order valence-electron chi connectivity index (χ1n) is 8.09. The summed E-state index contributed by atoms with van der Waals surface area (Å²) in [7, 11) is 2.14. The number of rotatable bonds is 3. The lowest BCUT2D eigenvalue weighted by Crippen LogP contribution is -2.62. The van der Waals surface area contributed by atoms with Gasteiger partial charge in [0.2, 0.25) is 0 Å². The largest absolute Gasteiger partial charge is 0.376 e. The summed E-state index contributed by atoms with van der Waals surface area (Å²) in [4.78, 5) is 21.2. The normalized spacial score (nSPS) is 29.0. The second-order valence-corrected chi connectivity index (χ2v) is 7.37. The van der Waals surface area contributed by atoms with Gasteiger partial charge in [0.15, 0.2) is 0 Å². The topological polar surface area (TPSA) is 45.7 Å². The van der Waals surface area contributed by atoms with Crippen molar-refractivity contribution in [1.82, 2.24) is 14.8 Å². The van der Waals surface area contributed by atoms with Crippen LogP contribution >= 0.6 is 11.3 Å². The lowest BCUT2D eigenvalue weighted by atomic mass is 9.84. The molecule has 1 aromatic rings. The third kappa shape index (κ3) is 3.05. The van der Waals surface area contributed by atoms with Gasteiger partial charge in [0.05, 0.1) is 17.7 Å². The number of thiazole rings is 1. The Morgan fingerprint density at radius 3 is 3.00 bits per heavy atom. The Bertz CT molecular complexity index is 505. The Labute approximate surface area is 136 Å². The number of carbonyl (C=O) groups excluding carboxylic acids is 1. The highest BCUT2D eigenvalue weighted by molar-refractivity contribution is 7.07. The Morgan fingerprint density at radius 1 is 1.50 bits per heavy atom. The van der Waals surface area contributed by atoms with Crippen LogP contribution in [0.1, 0.15) is 37.2 Å². The number of ether oxygens (including phenoxy) is 1. The number of likely N-dealkylation sites (tertiary alicyclic amines) is 1. The van der Waals surface area contributed by atoms with Crippen molar-refractivity contribution in [3.8, 4) is 0 Å². The van der Waals surface area contributed by atoms with Crippen LogP contribution in [0.15, 0.2) is 10.9 Å². The Kier molecular flexibility index (Phi) is 4.80. The summed E-state index contributed by atoms with van der Waals surface area (Å²) < 4.78 is 6.09. The monoisotopic (exact) mass is 323 g/mol. The lowest BCUT2D eigenvalue weighted by Gasteiger charge is -2.49. The van der Waals surface area contributed by atoms with E-state index in [-0.39, 0.29) is 18.1 Å². The van der Waals surface area contributed by atoms with E-state index >= 15 is 0 Å². The predicted octanol–water partition coefficient (Wildman–Crippen LogP) is 2.10. The van der Waals surface area contributed by atoms with Crippen LogP contribution in [0, 0.1) is 5.92 Å². The maximum Gasteiger partial charge on any atom is 0.273 e. The molecule has 2 saturated heterocycles. The second kappa shape index (κ2) is 6.64. The number of piperidine rings is 1. The third-order valence-corrected chi connectivity index (χ3v) is 5.60. The van der Waals surface area contributed by atoms with E-state index in [1.54, 1.807) is 5.51 Å². The molecule has 5 nitrogen and oxygen atoms in total. The van der Waals surface area contributed by atoms with Gasteiger partial charge >= 0.3 is 0 Å². The van der Waals surface area contributed by atoms with E-state index in [0.29, 0.717) is 17.7 Å². The lowest BCUT2D eigenvalue weighted by molar-refractivity contribution is -0.108. The van der Waals surface area contributed by atoms with Crippen LogP contribution in [0.5, 0.6) is 0 Å². The molecule has 122 valence electrons. The first-order chi connectivity index (χ1) is 10.6. The summed E-state index contributed by atoms with van der Waals surface area (Å²) in [6.07, 6.45) is 2.49. The number of likely N-dealkylation sites (N-methyl/N-ethyl adjacent to an activating group) is 1. The molecule has 3 atom stereocenters. The Hall–Kier alpha value is -0.980. The number of nitrogens with zero attached hydrogens (tertiary/aromatic N) is 3. The molecule has 0 N–H and O–H groups in total. The van der Waals surface area contributed by atoms with Gasteiger partial charge < -0.3 is 9.64 Å². The van der Waals surface area contributed by atoms with Gasteiger partial charge in [-0.05, 0) is 33.7 Å². The summed E-state index contributed by atoms with van der Waals surface area (Å²) in [5.74, 6) is 0.503. The highest BCUT2D eigenvalue weighted by atomic mass is 32.1. The van der Waals surface area contributed by atoms with Gasteiger partial charge in [-0.1, -0.05) is 0 Å². The molecular formula is C16H25N3O2S. The van der Waals surface area contributed by atoms with Crippen molar-refractivity contribution < 1.29 is 9.53 Å². The molecule has 0 bridgehead atoms. The minimum absolute atomic E-state index is 0.0624. The van der Waals surface area contributed by atoms with E-state index in [1.807, 2.05) is 10.3 Å². The molecule has 2 fully saturated rings. The molecule has 0 unspecified atom stereocenters. The van der Waals surface area contributed by atoms with Crippen LogP contribution in [0.2, 0.25) is 0 Å². The van der Waals surface area contributed by atoms with E-state index in [2.05, 4.69) is 30.8 Å². The van der Waals surface area contributed by atoms with Gasteiger partial charge in [-0.15, -0.1) is 11.3 Å². The average molecular weight is 323 g/mol. The fraction of sp³-hybridized carbons (Fsp3) is 0.750. The smallest absolute Gasteiger partial charge is 0.273 e. The second-order valence-electron chi connectivity index (χ2n) is 6.65. The quantitative estimate of drug-likeness (QED) is 0.855. The Morgan fingerprint density at radius 2 is 2.32 bits per heavy atom. The Balaban J connectivity index is 1.80. The summed E-state index contributed by atoms with van der Waals surface area (Å²) in [6, 6.07) is 0.701. The fourth-order valence-electron chi connectivity index (χ4n) is 3.56. The van der Waals surface area contributed by atoms with Crippen LogP contribution in [-0.4, -0.2) is 65.6 Å². The molecule has 22 heavy (non-hydrogen) atoms. The zero-order valence-corrected chi connectivity index (χ0v) is 14.4. The number of fused-ring (bicyclic) bond motifs is 1. The molecule has 1 aromatic heterocycles. The maximum absolute atomic E-state index is 12.7. The van der Waals surface area contributed by atoms with E-state index < -0.39 is 0 Å². The average Bonchev–Trinajstić information content (AvgIpc) is 3.06. The molecular weight excluding hydrogens is 298 g/mol. The van der Waals surface area contributed by atoms with Crippen LogP contribution in [-0.2, 0) is 4.74 Å². The zero-order chi connectivity index (χ0) is 15.7. The van der Waals surface area contributed by atoms with E-state index in [4.69, 9.17) is 4.74 Å². The number of carbonyl (C=O) groups is 1. The third-order valence-electron chi connectivity index (χ3n) is 5.01. The van der Waals surface area contributed by atoms with Crippen molar-refractivity contribution in [3.63, 3.8) is 0 Å². The first kappa shape index (κ1) is 15.9. The molecule has 0 radical (unpaired) electrons. The van der Waals surface area contributed by atoms with Crippen molar-refractivity contribution in [2.24, 2.45) is 5.92 Å². The highest BCUT2D eigenvalue weighted by Crippen LogP contribution is 2.32. The predicted molar refractivity (Wildman–Crippen MR) is 87.2 cm³/mol. The minimum Gasteiger partial charge on any atom is -0.376 e. The standard InChI is InChI=1S/C16H25N3O2S/c1-11(2)18(3)14-8-19(16(20)13-9-22-10-17-13)7-12-5-4-6-21-15(12)14/h9-12,14-15H,4-8H2,1-3H3/t12-,14+,15-/m0/s1. The molecule has 0 aliphatic carbocycles. The molecule has 3 heterocycles. The van der Waals surface area contributed by atoms with Crippen LogP contribution in [0.3, 0.4) is 0 Å². The number of aromatic nitrogens is 1. The fourth-order valence-corrected chi connectivity index (χ4v) is 4.09. The van der Waals surface area contributed by atoms with Gasteiger partial charge in [0.1, 0.15) is 5.69 Å². The van der Waals surface area contributed by atoms with Crippen LogP contribution < -0.4 is 0 Å².